The summed E-state index contributed by atoms with van der Waals surface area (Å²) in [5, 5.41) is 4.82. The van der Waals surface area contributed by atoms with Crippen LogP contribution in [0.2, 0.25) is 0 Å². The molecule has 0 bridgehead atoms. The third-order valence-corrected chi connectivity index (χ3v) is 5.34. The molecular formula is C21H18N2O2S. The van der Waals surface area contributed by atoms with Crippen molar-refractivity contribution in [3.8, 4) is 0 Å². The zero-order valence-electron chi connectivity index (χ0n) is 14.1. The second-order valence-corrected chi connectivity index (χ2v) is 7.15. The highest BCUT2D eigenvalue weighted by Crippen LogP contribution is 2.31. The highest BCUT2D eigenvalue weighted by atomic mass is 32.1. The Kier molecular flexibility index (Phi) is 4.54. The second kappa shape index (κ2) is 7.14. The molecule has 130 valence electrons. The van der Waals surface area contributed by atoms with E-state index in [2.05, 4.69) is 5.32 Å². The average molecular weight is 362 g/mol. The van der Waals surface area contributed by atoms with Crippen molar-refractivity contribution in [1.82, 2.24) is 0 Å². The minimum atomic E-state index is -0.104. The van der Waals surface area contributed by atoms with E-state index in [1.807, 2.05) is 64.9 Å². The van der Waals surface area contributed by atoms with Crippen LogP contribution < -0.4 is 10.2 Å². The van der Waals surface area contributed by atoms with Gasteiger partial charge in [-0.3, -0.25) is 9.59 Å². The molecule has 0 aliphatic carbocycles. The molecule has 1 aliphatic heterocycles. The van der Waals surface area contributed by atoms with Crippen molar-refractivity contribution in [2.24, 2.45) is 0 Å². The molecule has 0 saturated heterocycles. The first-order valence-corrected chi connectivity index (χ1v) is 9.45. The summed E-state index contributed by atoms with van der Waals surface area (Å²) in [6, 6.07) is 18.8. The standard InChI is InChI=1S/C21H18N2O2S/c24-20(19-9-5-13-26-19)22-17-10-11-18-16(14-17)8-4-12-23(18)21(25)15-6-2-1-3-7-15/h1-3,5-7,9-11,13-14H,4,8,12H2,(H,22,24). The zero-order valence-corrected chi connectivity index (χ0v) is 15.0. The quantitative estimate of drug-likeness (QED) is 0.741. The number of nitrogens with zero attached hydrogens (tertiary/aromatic N) is 1. The molecule has 0 fully saturated rings. The van der Waals surface area contributed by atoms with Crippen LogP contribution in [0.1, 0.15) is 32.0 Å². The molecule has 2 heterocycles. The number of carbonyl (C=O) groups is 2. The Balaban J connectivity index is 1.58. The fourth-order valence-electron chi connectivity index (χ4n) is 3.22. The maximum atomic E-state index is 12.8. The van der Waals surface area contributed by atoms with Gasteiger partial charge in [-0.15, -0.1) is 11.3 Å². The number of amides is 2. The van der Waals surface area contributed by atoms with E-state index in [0.29, 0.717) is 17.0 Å². The summed E-state index contributed by atoms with van der Waals surface area (Å²) < 4.78 is 0. The van der Waals surface area contributed by atoms with Crippen LogP contribution in [0.3, 0.4) is 0 Å². The van der Waals surface area contributed by atoms with Gasteiger partial charge in [-0.05, 0) is 60.2 Å². The molecule has 1 N–H and O–H groups in total. The molecule has 26 heavy (non-hydrogen) atoms. The average Bonchev–Trinajstić information content (AvgIpc) is 3.22. The van der Waals surface area contributed by atoms with Crippen molar-refractivity contribution in [3.05, 3.63) is 82.0 Å². The van der Waals surface area contributed by atoms with Crippen LogP contribution in [0.5, 0.6) is 0 Å². The number of rotatable bonds is 3. The number of fused-ring (bicyclic) bond motifs is 1. The van der Waals surface area contributed by atoms with Gasteiger partial charge in [0.15, 0.2) is 0 Å². The maximum Gasteiger partial charge on any atom is 0.265 e. The van der Waals surface area contributed by atoms with Crippen molar-refractivity contribution in [2.45, 2.75) is 12.8 Å². The molecule has 0 spiro atoms. The highest BCUT2D eigenvalue weighted by molar-refractivity contribution is 7.12. The van der Waals surface area contributed by atoms with E-state index < -0.39 is 0 Å². The van der Waals surface area contributed by atoms with Crippen molar-refractivity contribution in [2.75, 3.05) is 16.8 Å². The van der Waals surface area contributed by atoms with Crippen LogP contribution in [0.4, 0.5) is 11.4 Å². The number of nitrogens with one attached hydrogen (secondary N) is 1. The fourth-order valence-corrected chi connectivity index (χ4v) is 3.84. The van der Waals surface area contributed by atoms with Gasteiger partial charge >= 0.3 is 0 Å². The summed E-state index contributed by atoms with van der Waals surface area (Å²) in [6.45, 7) is 0.710. The Labute approximate surface area is 156 Å². The largest absolute Gasteiger partial charge is 0.321 e. The molecule has 1 aromatic heterocycles. The predicted molar refractivity (Wildman–Crippen MR) is 105 cm³/mol. The SMILES string of the molecule is O=C(Nc1ccc2c(c1)CCCN2C(=O)c1ccccc1)c1cccs1. The second-order valence-electron chi connectivity index (χ2n) is 6.20. The van der Waals surface area contributed by atoms with E-state index >= 15 is 0 Å². The van der Waals surface area contributed by atoms with Crippen molar-refractivity contribution >= 4 is 34.5 Å². The molecule has 3 aromatic rings. The topological polar surface area (TPSA) is 49.4 Å². The summed E-state index contributed by atoms with van der Waals surface area (Å²) >= 11 is 1.42. The number of aryl methyl sites for hydroxylation is 1. The minimum absolute atomic E-state index is 0.0157. The highest BCUT2D eigenvalue weighted by Gasteiger charge is 2.23. The number of benzene rings is 2. The Hall–Kier alpha value is -2.92. The zero-order chi connectivity index (χ0) is 17.9. The number of carbonyl (C=O) groups excluding carboxylic acids is 2. The van der Waals surface area contributed by atoms with Crippen LogP contribution >= 0.6 is 11.3 Å². The maximum absolute atomic E-state index is 12.8. The summed E-state index contributed by atoms with van der Waals surface area (Å²) in [5.74, 6) is -0.0881. The van der Waals surface area contributed by atoms with E-state index in [-0.39, 0.29) is 11.8 Å². The van der Waals surface area contributed by atoms with Crippen LogP contribution in [-0.4, -0.2) is 18.4 Å². The summed E-state index contributed by atoms with van der Waals surface area (Å²) in [7, 11) is 0. The number of thiophene rings is 1. The van der Waals surface area contributed by atoms with Crippen LogP contribution in [0.25, 0.3) is 0 Å². The lowest BCUT2D eigenvalue weighted by molar-refractivity contribution is 0.0983. The van der Waals surface area contributed by atoms with Crippen molar-refractivity contribution in [1.29, 1.82) is 0 Å². The van der Waals surface area contributed by atoms with Crippen LogP contribution in [0.15, 0.2) is 66.0 Å². The molecule has 2 amide bonds. The first kappa shape index (κ1) is 16.5. The van der Waals surface area contributed by atoms with E-state index in [4.69, 9.17) is 0 Å². The smallest absolute Gasteiger partial charge is 0.265 e. The Bertz CT molecular complexity index is 936. The Morgan fingerprint density at radius 2 is 1.85 bits per heavy atom. The van der Waals surface area contributed by atoms with E-state index in [1.165, 1.54) is 11.3 Å². The summed E-state index contributed by atoms with van der Waals surface area (Å²) in [5.41, 5.74) is 3.47. The lowest BCUT2D eigenvalue weighted by Crippen LogP contribution is -2.35. The Morgan fingerprint density at radius 1 is 1.00 bits per heavy atom. The van der Waals surface area contributed by atoms with Crippen LogP contribution in [0, 0.1) is 0 Å². The van der Waals surface area contributed by atoms with Crippen molar-refractivity contribution in [3.63, 3.8) is 0 Å². The molecule has 0 radical (unpaired) electrons. The molecule has 1 aliphatic rings. The molecule has 4 nitrogen and oxygen atoms in total. The van der Waals surface area contributed by atoms with Gasteiger partial charge in [0, 0.05) is 23.5 Å². The van der Waals surface area contributed by atoms with Gasteiger partial charge in [0.2, 0.25) is 0 Å². The number of hydrogen-bond acceptors (Lipinski definition) is 3. The summed E-state index contributed by atoms with van der Waals surface area (Å²) in [4.78, 5) is 27.6. The lowest BCUT2D eigenvalue weighted by Gasteiger charge is -2.30. The van der Waals surface area contributed by atoms with Gasteiger partial charge in [-0.25, -0.2) is 0 Å². The first-order valence-electron chi connectivity index (χ1n) is 8.57. The number of anilines is 2. The molecule has 2 aromatic carbocycles. The van der Waals surface area contributed by atoms with Crippen LogP contribution in [-0.2, 0) is 6.42 Å². The van der Waals surface area contributed by atoms with E-state index in [1.54, 1.807) is 6.07 Å². The van der Waals surface area contributed by atoms with Gasteiger partial charge < -0.3 is 10.2 Å². The third kappa shape index (κ3) is 3.26. The molecule has 0 unspecified atom stereocenters. The summed E-state index contributed by atoms with van der Waals surface area (Å²) in [6.07, 6.45) is 1.81. The molecule has 4 rings (SSSR count). The number of hydrogen-bond donors (Lipinski definition) is 1. The fraction of sp³-hybridized carbons (Fsp3) is 0.143. The van der Waals surface area contributed by atoms with Gasteiger partial charge in [0.05, 0.1) is 4.88 Å². The normalized spacial score (nSPS) is 13.2. The van der Waals surface area contributed by atoms with Gasteiger partial charge in [0.25, 0.3) is 11.8 Å². The monoisotopic (exact) mass is 362 g/mol. The molecular weight excluding hydrogens is 344 g/mol. The molecule has 0 saturated carbocycles. The lowest BCUT2D eigenvalue weighted by atomic mass is 10.00. The van der Waals surface area contributed by atoms with Gasteiger partial charge in [-0.2, -0.15) is 0 Å². The Morgan fingerprint density at radius 3 is 2.62 bits per heavy atom. The van der Waals surface area contributed by atoms with E-state index in [0.717, 1.165) is 29.8 Å². The van der Waals surface area contributed by atoms with E-state index in [9.17, 15) is 9.59 Å². The van der Waals surface area contributed by atoms with Gasteiger partial charge in [-0.1, -0.05) is 24.3 Å². The molecule has 0 atom stereocenters. The first-order chi connectivity index (χ1) is 12.7. The van der Waals surface area contributed by atoms with Gasteiger partial charge in [0.1, 0.15) is 0 Å². The minimum Gasteiger partial charge on any atom is -0.321 e. The predicted octanol–water partition coefficient (Wildman–Crippen LogP) is 4.59. The molecule has 5 heteroatoms. The third-order valence-electron chi connectivity index (χ3n) is 4.47. The van der Waals surface area contributed by atoms with Crippen molar-refractivity contribution < 1.29 is 9.59 Å².